The number of rotatable bonds is 6. The summed E-state index contributed by atoms with van der Waals surface area (Å²) >= 11 is 0. The average molecular weight is 384 g/mol. The molecule has 3 N–H and O–H groups in total. The molecule has 0 atom stereocenters. The Labute approximate surface area is 157 Å². The van der Waals surface area contributed by atoms with Crippen molar-refractivity contribution < 1.29 is 13.5 Å². The van der Waals surface area contributed by atoms with Crippen LogP contribution in [0.15, 0.2) is 59.5 Å². The zero-order chi connectivity index (χ0) is 18.9. The van der Waals surface area contributed by atoms with Crippen molar-refractivity contribution in [3.63, 3.8) is 0 Å². The Balaban J connectivity index is 1.70. The summed E-state index contributed by atoms with van der Waals surface area (Å²) in [5.41, 5.74) is 0.447. The number of para-hydroxylation sites is 2. The summed E-state index contributed by atoms with van der Waals surface area (Å²) in [6, 6.07) is 15.3. The molecule has 7 nitrogen and oxygen atoms in total. The molecular formula is C19H20N4O3S. The van der Waals surface area contributed by atoms with E-state index in [2.05, 4.69) is 20.0 Å². The van der Waals surface area contributed by atoms with E-state index < -0.39 is 15.6 Å². The molecule has 3 aromatic rings. The number of aromatic nitrogens is 2. The van der Waals surface area contributed by atoms with Crippen molar-refractivity contribution in [2.75, 3.05) is 16.6 Å². The van der Waals surface area contributed by atoms with Gasteiger partial charge in [-0.1, -0.05) is 30.3 Å². The summed E-state index contributed by atoms with van der Waals surface area (Å²) in [4.78, 5) is 9.08. The first-order valence-corrected chi connectivity index (χ1v) is 10.2. The highest BCUT2D eigenvalue weighted by molar-refractivity contribution is 7.92. The molecule has 1 aliphatic carbocycles. The first kappa shape index (κ1) is 17.7. The molecule has 27 heavy (non-hydrogen) atoms. The van der Waals surface area contributed by atoms with Crippen LogP contribution in [0.2, 0.25) is 0 Å². The smallest absolute Gasteiger partial charge is 0.263 e. The van der Waals surface area contributed by atoms with Crippen LogP contribution in [-0.2, 0) is 10.0 Å². The van der Waals surface area contributed by atoms with Crippen molar-refractivity contribution >= 4 is 32.7 Å². The second-order valence-electron chi connectivity index (χ2n) is 6.76. The SMILES string of the molecule is O=S(=O)(Nc1nc2ccccc2nc1NCC1(O)CCC1)c1ccccc1. The Morgan fingerprint density at radius 3 is 2.11 bits per heavy atom. The molecule has 1 saturated carbocycles. The summed E-state index contributed by atoms with van der Waals surface area (Å²) in [5, 5.41) is 13.4. The molecule has 0 saturated heterocycles. The maximum atomic E-state index is 12.7. The van der Waals surface area contributed by atoms with Gasteiger partial charge in [0.1, 0.15) is 0 Å². The third-order valence-corrected chi connectivity index (χ3v) is 6.08. The first-order valence-electron chi connectivity index (χ1n) is 8.76. The molecule has 1 fully saturated rings. The fourth-order valence-electron chi connectivity index (χ4n) is 2.99. The molecule has 0 unspecified atom stereocenters. The fraction of sp³-hybridized carbons (Fsp3) is 0.263. The molecule has 4 rings (SSSR count). The Morgan fingerprint density at radius 2 is 1.52 bits per heavy atom. The molecule has 2 aromatic carbocycles. The second-order valence-corrected chi connectivity index (χ2v) is 8.44. The number of sulfonamides is 1. The van der Waals surface area contributed by atoms with Crippen molar-refractivity contribution in [1.82, 2.24) is 9.97 Å². The number of benzene rings is 2. The second kappa shape index (κ2) is 6.79. The molecule has 8 heteroatoms. The van der Waals surface area contributed by atoms with Gasteiger partial charge in [0, 0.05) is 6.54 Å². The van der Waals surface area contributed by atoms with Crippen LogP contribution in [0.5, 0.6) is 0 Å². The van der Waals surface area contributed by atoms with Gasteiger partial charge in [0.25, 0.3) is 10.0 Å². The minimum Gasteiger partial charge on any atom is -0.388 e. The minimum atomic E-state index is -3.80. The summed E-state index contributed by atoms with van der Waals surface area (Å²) in [5.74, 6) is 0.411. The highest BCUT2D eigenvalue weighted by atomic mass is 32.2. The normalized spacial score (nSPS) is 15.9. The van der Waals surface area contributed by atoms with E-state index in [1.807, 2.05) is 12.1 Å². The predicted molar refractivity (Wildman–Crippen MR) is 104 cm³/mol. The molecule has 0 spiro atoms. The number of hydrogen-bond acceptors (Lipinski definition) is 6. The van der Waals surface area contributed by atoms with Gasteiger partial charge in [-0.3, -0.25) is 4.72 Å². The zero-order valence-electron chi connectivity index (χ0n) is 14.6. The van der Waals surface area contributed by atoms with Crippen molar-refractivity contribution in [2.24, 2.45) is 0 Å². The molecule has 1 heterocycles. The molecule has 0 amide bonds. The van der Waals surface area contributed by atoms with E-state index in [-0.39, 0.29) is 10.7 Å². The summed E-state index contributed by atoms with van der Waals surface area (Å²) in [7, 11) is -3.80. The quantitative estimate of drug-likeness (QED) is 0.604. The number of nitrogens with zero attached hydrogens (tertiary/aromatic N) is 2. The number of nitrogens with one attached hydrogen (secondary N) is 2. The zero-order valence-corrected chi connectivity index (χ0v) is 15.4. The third kappa shape index (κ3) is 3.72. The largest absolute Gasteiger partial charge is 0.388 e. The molecule has 1 aliphatic rings. The van der Waals surface area contributed by atoms with Crippen LogP contribution in [0.3, 0.4) is 0 Å². The van der Waals surface area contributed by atoms with Gasteiger partial charge in [0.05, 0.1) is 21.5 Å². The average Bonchev–Trinajstić information content (AvgIpc) is 2.65. The van der Waals surface area contributed by atoms with Crippen LogP contribution in [0, 0.1) is 0 Å². The molecule has 0 aliphatic heterocycles. The van der Waals surface area contributed by atoms with E-state index in [0.717, 1.165) is 6.42 Å². The van der Waals surface area contributed by atoms with Crippen LogP contribution in [0.25, 0.3) is 11.0 Å². The van der Waals surface area contributed by atoms with Gasteiger partial charge >= 0.3 is 0 Å². The maximum Gasteiger partial charge on any atom is 0.263 e. The van der Waals surface area contributed by atoms with E-state index in [0.29, 0.717) is 36.2 Å². The van der Waals surface area contributed by atoms with Crippen LogP contribution in [-0.4, -0.2) is 35.6 Å². The lowest BCUT2D eigenvalue weighted by Gasteiger charge is -2.36. The van der Waals surface area contributed by atoms with E-state index in [4.69, 9.17) is 0 Å². The summed E-state index contributed by atoms with van der Waals surface area (Å²) in [6.45, 7) is 0.292. The topological polar surface area (TPSA) is 104 Å². The Morgan fingerprint density at radius 1 is 0.926 bits per heavy atom. The fourth-order valence-corrected chi connectivity index (χ4v) is 4.02. The molecule has 0 bridgehead atoms. The lowest BCUT2D eigenvalue weighted by Crippen LogP contribution is -2.43. The number of hydrogen-bond donors (Lipinski definition) is 3. The lowest BCUT2D eigenvalue weighted by atomic mass is 9.80. The van der Waals surface area contributed by atoms with Crippen molar-refractivity contribution in [3.05, 3.63) is 54.6 Å². The highest BCUT2D eigenvalue weighted by Crippen LogP contribution is 2.32. The van der Waals surface area contributed by atoms with Crippen LogP contribution >= 0.6 is 0 Å². The maximum absolute atomic E-state index is 12.7. The minimum absolute atomic E-state index is 0.112. The molecular weight excluding hydrogens is 364 g/mol. The third-order valence-electron chi connectivity index (χ3n) is 4.72. The van der Waals surface area contributed by atoms with Crippen LogP contribution < -0.4 is 10.0 Å². The Hall–Kier alpha value is -2.71. The van der Waals surface area contributed by atoms with E-state index in [9.17, 15) is 13.5 Å². The molecule has 1 aromatic heterocycles. The lowest BCUT2D eigenvalue weighted by molar-refractivity contribution is -0.0202. The molecule has 0 radical (unpaired) electrons. The van der Waals surface area contributed by atoms with Gasteiger partial charge in [-0.2, -0.15) is 0 Å². The van der Waals surface area contributed by atoms with Crippen LogP contribution in [0.1, 0.15) is 19.3 Å². The number of aliphatic hydroxyl groups is 1. The van der Waals surface area contributed by atoms with Gasteiger partial charge in [-0.05, 0) is 43.5 Å². The van der Waals surface area contributed by atoms with Gasteiger partial charge in [-0.15, -0.1) is 0 Å². The summed E-state index contributed by atoms with van der Waals surface area (Å²) in [6.07, 6.45) is 2.41. The van der Waals surface area contributed by atoms with Crippen molar-refractivity contribution in [2.45, 2.75) is 29.8 Å². The first-order chi connectivity index (χ1) is 13.0. The predicted octanol–water partition coefficient (Wildman–Crippen LogP) is 2.76. The van der Waals surface area contributed by atoms with Gasteiger partial charge < -0.3 is 10.4 Å². The van der Waals surface area contributed by atoms with Crippen LogP contribution in [0.4, 0.5) is 11.6 Å². The van der Waals surface area contributed by atoms with Gasteiger partial charge in [-0.25, -0.2) is 18.4 Å². The van der Waals surface area contributed by atoms with Gasteiger partial charge in [0.15, 0.2) is 11.6 Å². The summed E-state index contributed by atoms with van der Waals surface area (Å²) < 4.78 is 27.9. The Kier molecular flexibility index (Phi) is 4.45. The number of anilines is 2. The van der Waals surface area contributed by atoms with Gasteiger partial charge in [0.2, 0.25) is 0 Å². The molecule has 140 valence electrons. The van der Waals surface area contributed by atoms with Crippen molar-refractivity contribution in [1.29, 1.82) is 0 Å². The monoisotopic (exact) mass is 384 g/mol. The van der Waals surface area contributed by atoms with E-state index >= 15 is 0 Å². The van der Waals surface area contributed by atoms with E-state index in [1.165, 1.54) is 12.1 Å². The van der Waals surface area contributed by atoms with E-state index in [1.54, 1.807) is 30.3 Å². The van der Waals surface area contributed by atoms with Crippen molar-refractivity contribution in [3.8, 4) is 0 Å². The number of fused-ring (bicyclic) bond motifs is 1. The standard InChI is InChI=1S/C19H20N4O3S/c24-19(11-6-12-19)13-20-17-18(22-16-10-5-4-9-15(16)21-17)23-27(25,26)14-7-2-1-3-8-14/h1-5,7-10,24H,6,11-13H2,(H,20,21)(H,22,23). The highest BCUT2D eigenvalue weighted by Gasteiger charge is 2.34. The Bertz CT molecular complexity index is 1070.